The van der Waals surface area contributed by atoms with Gasteiger partial charge in [-0.1, -0.05) is 19.6 Å². The molecular formula is C10H15N3O2. The summed E-state index contributed by atoms with van der Waals surface area (Å²) >= 11 is 0. The van der Waals surface area contributed by atoms with E-state index in [-0.39, 0.29) is 12.6 Å². The highest BCUT2D eigenvalue weighted by molar-refractivity contribution is 5.67. The van der Waals surface area contributed by atoms with Crippen molar-refractivity contribution in [2.45, 2.75) is 19.4 Å². The minimum atomic E-state index is -0.460. The average molecular weight is 209 g/mol. The van der Waals surface area contributed by atoms with E-state index < -0.39 is 6.09 Å². The van der Waals surface area contributed by atoms with Crippen LogP contribution in [0.3, 0.4) is 0 Å². The van der Waals surface area contributed by atoms with Gasteiger partial charge in [0.2, 0.25) is 0 Å². The van der Waals surface area contributed by atoms with Gasteiger partial charge in [0.15, 0.2) is 0 Å². The second-order valence-corrected chi connectivity index (χ2v) is 2.97. The number of alkyl carbamates (subject to hydrolysis) is 1. The van der Waals surface area contributed by atoms with Gasteiger partial charge in [0.05, 0.1) is 6.04 Å². The SMILES string of the molecule is C=CCOC(=O)NC(CC)c1ncc[nH]1. The van der Waals surface area contributed by atoms with Crippen molar-refractivity contribution in [2.24, 2.45) is 0 Å². The predicted molar refractivity (Wildman–Crippen MR) is 56.3 cm³/mol. The number of hydrogen-bond acceptors (Lipinski definition) is 3. The van der Waals surface area contributed by atoms with Crippen LogP contribution in [0, 0.1) is 0 Å². The van der Waals surface area contributed by atoms with Gasteiger partial charge in [-0.2, -0.15) is 0 Å². The quantitative estimate of drug-likeness (QED) is 0.726. The van der Waals surface area contributed by atoms with Crippen LogP contribution < -0.4 is 5.32 Å². The maximum Gasteiger partial charge on any atom is 0.408 e. The number of carbonyl (C=O) groups excluding carboxylic acids is 1. The van der Waals surface area contributed by atoms with Crippen molar-refractivity contribution in [3.05, 3.63) is 30.9 Å². The zero-order valence-corrected chi connectivity index (χ0v) is 8.69. The molecule has 0 aliphatic rings. The number of rotatable bonds is 5. The fourth-order valence-electron chi connectivity index (χ4n) is 1.15. The largest absolute Gasteiger partial charge is 0.445 e. The Morgan fingerprint density at radius 2 is 2.67 bits per heavy atom. The second-order valence-electron chi connectivity index (χ2n) is 2.97. The van der Waals surface area contributed by atoms with E-state index in [1.807, 2.05) is 6.92 Å². The molecule has 0 saturated carbocycles. The highest BCUT2D eigenvalue weighted by Gasteiger charge is 2.14. The van der Waals surface area contributed by atoms with Crippen molar-refractivity contribution in [3.8, 4) is 0 Å². The van der Waals surface area contributed by atoms with Crippen LogP contribution >= 0.6 is 0 Å². The lowest BCUT2D eigenvalue weighted by atomic mass is 10.2. The number of H-pyrrole nitrogens is 1. The van der Waals surface area contributed by atoms with E-state index in [1.165, 1.54) is 6.08 Å². The lowest BCUT2D eigenvalue weighted by Gasteiger charge is -2.13. The second kappa shape index (κ2) is 5.85. The van der Waals surface area contributed by atoms with Gasteiger partial charge in [-0.3, -0.25) is 0 Å². The Balaban J connectivity index is 2.47. The van der Waals surface area contributed by atoms with Gasteiger partial charge >= 0.3 is 6.09 Å². The molecule has 0 aliphatic heterocycles. The predicted octanol–water partition coefficient (Wildman–Crippen LogP) is 1.77. The van der Waals surface area contributed by atoms with E-state index >= 15 is 0 Å². The molecule has 0 spiro atoms. The number of aromatic nitrogens is 2. The topological polar surface area (TPSA) is 67.0 Å². The first kappa shape index (κ1) is 11.3. The first-order valence-electron chi connectivity index (χ1n) is 4.81. The van der Waals surface area contributed by atoms with Crippen LogP contribution in [0.15, 0.2) is 25.0 Å². The number of hydrogen-bond donors (Lipinski definition) is 2. The number of aromatic amines is 1. The Morgan fingerprint density at radius 1 is 1.87 bits per heavy atom. The molecule has 0 radical (unpaired) electrons. The number of carbonyl (C=O) groups is 1. The zero-order chi connectivity index (χ0) is 11.1. The van der Waals surface area contributed by atoms with E-state index in [0.717, 1.165) is 12.2 Å². The molecule has 5 heteroatoms. The number of imidazole rings is 1. The summed E-state index contributed by atoms with van der Waals surface area (Å²) in [6.07, 6.45) is 5.17. The maximum atomic E-state index is 11.2. The van der Waals surface area contributed by atoms with Gasteiger partial charge in [0, 0.05) is 12.4 Å². The Kier molecular flexibility index (Phi) is 4.40. The molecular weight excluding hydrogens is 194 g/mol. The van der Waals surface area contributed by atoms with Crippen LogP contribution in [-0.4, -0.2) is 22.7 Å². The first-order valence-corrected chi connectivity index (χ1v) is 4.81. The van der Waals surface area contributed by atoms with Gasteiger partial charge in [-0.15, -0.1) is 0 Å². The Hall–Kier alpha value is -1.78. The van der Waals surface area contributed by atoms with E-state index in [9.17, 15) is 4.79 Å². The fourth-order valence-corrected chi connectivity index (χ4v) is 1.15. The van der Waals surface area contributed by atoms with Crippen LogP contribution in [0.1, 0.15) is 25.2 Å². The Bertz CT molecular complexity index is 308. The molecule has 0 bridgehead atoms. The Morgan fingerprint density at radius 3 is 3.20 bits per heavy atom. The van der Waals surface area contributed by atoms with Crippen LogP contribution in [0.4, 0.5) is 4.79 Å². The maximum absolute atomic E-state index is 11.2. The molecule has 15 heavy (non-hydrogen) atoms. The van der Waals surface area contributed by atoms with Gasteiger partial charge in [-0.25, -0.2) is 9.78 Å². The van der Waals surface area contributed by atoms with Crippen molar-refractivity contribution < 1.29 is 9.53 Å². The lowest BCUT2D eigenvalue weighted by Crippen LogP contribution is -2.29. The van der Waals surface area contributed by atoms with Crippen LogP contribution in [0.2, 0.25) is 0 Å². The number of nitrogens with zero attached hydrogens (tertiary/aromatic N) is 1. The van der Waals surface area contributed by atoms with Crippen molar-refractivity contribution >= 4 is 6.09 Å². The van der Waals surface area contributed by atoms with E-state index in [1.54, 1.807) is 12.4 Å². The zero-order valence-electron chi connectivity index (χ0n) is 8.69. The van der Waals surface area contributed by atoms with Crippen LogP contribution in [0.5, 0.6) is 0 Å². The third-order valence-corrected chi connectivity index (χ3v) is 1.88. The molecule has 1 aromatic rings. The molecule has 1 atom stereocenters. The highest BCUT2D eigenvalue weighted by Crippen LogP contribution is 2.10. The summed E-state index contributed by atoms with van der Waals surface area (Å²) in [7, 11) is 0. The standard InChI is InChI=1S/C10H15N3O2/c1-3-7-15-10(14)13-8(4-2)9-11-5-6-12-9/h3,5-6,8H,1,4,7H2,2H3,(H,11,12)(H,13,14). The molecule has 0 fully saturated rings. The summed E-state index contributed by atoms with van der Waals surface area (Å²) in [6.45, 7) is 5.63. The third kappa shape index (κ3) is 3.46. The van der Waals surface area contributed by atoms with Crippen molar-refractivity contribution in [1.82, 2.24) is 15.3 Å². The molecule has 1 unspecified atom stereocenters. The normalized spacial score (nSPS) is 11.8. The van der Waals surface area contributed by atoms with E-state index in [2.05, 4.69) is 21.9 Å². The summed E-state index contributed by atoms with van der Waals surface area (Å²) in [6, 6.07) is -0.141. The van der Waals surface area contributed by atoms with Crippen LogP contribution in [-0.2, 0) is 4.74 Å². The fraction of sp³-hybridized carbons (Fsp3) is 0.400. The first-order chi connectivity index (χ1) is 7.27. The average Bonchev–Trinajstić information content (AvgIpc) is 2.76. The summed E-state index contributed by atoms with van der Waals surface area (Å²) in [5, 5.41) is 2.70. The van der Waals surface area contributed by atoms with Gasteiger partial charge < -0.3 is 15.0 Å². The van der Waals surface area contributed by atoms with Gasteiger partial charge in [-0.05, 0) is 6.42 Å². The molecule has 5 nitrogen and oxygen atoms in total. The molecule has 1 rings (SSSR count). The summed E-state index contributed by atoms with van der Waals surface area (Å²) in [5.74, 6) is 0.730. The number of nitrogens with one attached hydrogen (secondary N) is 2. The number of amides is 1. The number of ether oxygens (including phenoxy) is 1. The molecule has 1 amide bonds. The van der Waals surface area contributed by atoms with E-state index in [0.29, 0.717) is 0 Å². The smallest absolute Gasteiger partial charge is 0.408 e. The third-order valence-electron chi connectivity index (χ3n) is 1.88. The summed E-state index contributed by atoms with van der Waals surface area (Å²) in [4.78, 5) is 18.3. The molecule has 0 saturated heterocycles. The summed E-state index contributed by atoms with van der Waals surface area (Å²) < 4.78 is 4.81. The minimum absolute atomic E-state index is 0.141. The van der Waals surface area contributed by atoms with Crippen molar-refractivity contribution in [2.75, 3.05) is 6.61 Å². The molecule has 1 aromatic heterocycles. The molecule has 2 N–H and O–H groups in total. The van der Waals surface area contributed by atoms with Gasteiger partial charge in [0.25, 0.3) is 0 Å². The van der Waals surface area contributed by atoms with Crippen molar-refractivity contribution in [3.63, 3.8) is 0 Å². The summed E-state index contributed by atoms with van der Waals surface area (Å²) in [5.41, 5.74) is 0. The van der Waals surface area contributed by atoms with Crippen LogP contribution in [0.25, 0.3) is 0 Å². The van der Waals surface area contributed by atoms with Crippen molar-refractivity contribution in [1.29, 1.82) is 0 Å². The lowest BCUT2D eigenvalue weighted by molar-refractivity contribution is 0.153. The van der Waals surface area contributed by atoms with E-state index in [4.69, 9.17) is 4.74 Å². The molecule has 1 heterocycles. The molecule has 82 valence electrons. The Labute approximate surface area is 88.6 Å². The molecule has 0 aromatic carbocycles. The van der Waals surface area contributed by atoms with Gasteiger partial charge in [0.1, 0.15) is 12.4 Å². The monoisotopic (exact) mass is 209 g/mol. The minimum Gasteiger partial charge on any atom is -0.445 e. The highest BCUT2D eigenvalue weighted by atomic mass is 16.5. The molecule has 0 aliphatic carbocycles.